The number of anilines is 1. The van der Waals surface area contributed by atoms with Gasteiger partial charge in [0.1, 0.15) is 17.6 Å². The highest BCUT2D eigenvalue weighted by molar-refractivity contribution is 6.21. The van der Waals surface area contributed by atoms with E-state index < -0.39 is 0 Å². The van der Waals surface area contributed by atoms with Crippen molar-refractivity contribution in [3.63, 3.8) is 0 Å². The van der Waals surface area contributed by atoms with E-state index >= 15 is 0 Å². The highest BCUT2D eigenvalue weighted by Crippen LogP contribution is 2.29. The summed E-state index contributed by atoms with van der Waals surface area (Å²) in [6, 6.07) is 7.85. The van der Waals surface area contributed by atoms with Crippen LogP contribution in [0.15, 0.2) is 54.3 Å². The predicted molar refractivity (Wildman–Crippen MR) is 132 cm³/mol. The number of hydrogen-bond donors (Lipinski definition) is 1. The number of nitrogens with one attached hydrogen (secondary N) is 1. The number of aldehydes is 1. The smallest absolute Gasteiger partial charge is 0.145 e. The molecular weight excluding hydrogens is 396 g/mol. The number of halogens is 1. The first-order chi connectivity index (χ1) is 14.7. The molecule has 4 nitrogen and oxygen atoms in total. The molecule has 0 fully saturated rings. The van der Waals surface area contributed by atoms with Gasteiger partial charge in [0.25, 0.3) is 0 Å². The van der Waals surface area contributed by atoms with Crippen LogP contribution in [0.25, 0.3) is 10.9 Å². The van der Waals surface area contributed by atoms with Crippen molar-refractivity contribution < 1.29 is 9.53 Å². The maximum atomic E-state index is 10.2. The molecular formula is C25H37ClN2O2. The van der Waals surface area contributed by atoms with Crippen molar-refractivity contribution >= 4 is 34.5 Å². The van der Waals surface area contributed by atoms with E-state index in [0.29, 0.717) is 6.42 Å². The lowest BCUT2D eigenvalue weighted by Gasteiger charge is -2.08. The van der Waals surface area contributed by atoms with Crippen LogP contribution in [0.3, 0.4) is 0 Å². The zero-order valence-corrected chi connectivity index (χ0v) is 20.0. The lowest BCUT2D eigenvalue weighted by molar-refractivity contribution is -0.107. The number of benzene rings is 1. The molecule has 0 spiro atoms. The molecule has 0 radical (unpaired) electrons. The number of nitrogens with zero attached hydrogens (tertiary/aromatic N) is 1. The predicted octanol–water partition coefficient (Wildman–Crippen LogP) is 7.19. The Balaban J connectivity index is 0.000000486. The Morgan fingerprint density at radius 1 is 1.23 bits per heavy atom. The van der Waals surface area contributed by atoms with Crippen LogP contribution < -0.4 is 10.1 Å². The van der Waals surface area contributed by atoms with E-state index in [1.165, 1.54) is 0 Å². The third-order valence-corrected chi connectivity index (χ3v) is 4.51. The summed E-state index contributed by atoms with van der Waals surface area (Å²) in [5, 5.41) is 4.34. The quantitative estimate of drug-likeness (QED) is 0.410. The fraction of sp³-hybridized carbons (Fsp3) is 0.440. The summed E-state index contributed by atoms with van der Waals surface area (Å²) in [7, 11) is 3.55. The molecule has 1 aliphatic rings. The first-order valence-electron chi connectivity index (χ1n) is 10.7. The first-order valence-corrected chi connectivity index (χ1v) is 11.2. The second kappa shape index (κ2) is 17.5. The summed E-state index contributed by atoms with van der Waals surface area (Å²) in [4.78, 5) is 14.5. The Morgan fingerprint density at radius 3 is 2.60 bits per heavy atom. The molecule has 166 valence electrons. The van der Waals surface area contributed by atoms with Gasteiger partial charge in [-0.25, -0.2) is 0 Å². The number of aromatic nitrogens is 1. The van der Waals surface area contributed by atoms with E-state index in [2.05, 4.69) is 16.4 Å². The Morgan fingerprint density at radius 2 is 1.97 bits per heavy atom. The second-order valence-electron chi connectivity index (χ2n) is 5.92. The largest absolute Gasteiger partial charge is 0.494 e. The van der Waals surface area contributed by atoms with Crippen molar-refractivity contribution in [1.29, 1.82) is 0 Å². The minimum absolute atomic E-state index is 0.139. The van der Waals surface area contributed by atoms with Crippen LogP contribution in [0.2, 0.25) is 0 Å². The summed E-state index contributed by atoms with van der Waals surface area (Å²) in [5.74, 6) is 0.805. The van der Waals surface area contributed by atoms with E-state index in [1.807, 2.05) is 71.2 Å². The molecule has 0 saturated carbocycles. The number of hydrogen-bond acceptors (Lipinski definition) is 4. The van der Waals surface area contributed by atoms with Gasteiger partial charge in [0.2, 0.25) is 0 Å². The number of alkyl halides is 1. The van der Waals surface area contributed by atoms with Crippen LogP contribution in [0.4, 0.5) is 5.69 Å². The molecule has 1 atom stereocenters. The summed E-state index contributed by atoms with van der Waals surface area (Å²) in [6.45, 7) is 8.00. The van der Waals surface area contributed by atoms with Gasteiger partial charge in [-0.3, -0.25) is 4.98 Å². The summed E-state index contributed by atoms with van der Waals surface area (Å²) >= 11 is 5.96. The minimum Gasteiger partial charge on any atom is -0.494 e. The van der Waals surface area contributed by atoms with Crippen molar-refractivity contribution in [3.05, 3.63) is 54.3 Å². The molecule has 0 amide bonds. The SMILES string of the molecule is CC.CC.CNc1ccc(OC)c2ncccc12.O=CCC1=C/CCCC(Cl)/C=C\1. The highest BCUT2D eigenvalue weighted by Gasteiger charge is 2.05. The molecule has 1 unspecified atom stereocenters. The van der Waals surface area contributed by atoms with Crippen LogP contribution >= 0.6 is 11.6 Å². The molecule has 30 heavy (non-hydrogen) atoms. The van der Waals surface area contributed by atoms with Crippen LogP contribution in [0.1, 0.15) is 53.4 Å². The molecule has 0 saturated heterocycles. The van der Waals surface area contributed by atoms with E-state index in [4.69, 9.17) is 16.3 Å². The maximum absolute atomic E-state index is 10.2. The van der Waals surface area contributed by atoms with Gasteiger partial charge in [-0.05, 0) is 49.1 Å². The monoisotopic (exact) mass is 432 g/mol. The van der Waals surface area contributed by atoms with Gasteiger partial charge in [0.05, 0.1) is 12.5 Å². The van der Waals surface area contributed by atoms with Gasteiger partial charge < -0.3 is 14.8 Å². The van der Waals surface area contributed by atoms with Gasteiger partial charge in [-0.15, -0.1) is 11.6 Å². The lowest BCUT2D eigenvalue weighted by Crippen LogP contribution is -1.96. The fourth-order valence-electron chi connectivity index (χ4n) is 2.77. The molecule has 1 aliphatic carbocycles. The fourth-order valence-corrected chi connectivity index (χ4v) is 3.00. The van der Waals surface area contributed by atoms with Crippen LogP contribution in [-0.2, 0) is 4.79 Å². The average molecular weight is 433 g/mol. The number of ether oxygens (including phenoxy) is 1. The molecule has 2 aromatic rings. The van der Waals surface area contributed by atoms with Crippen LogP contribution in [-0.4, -0.2) is 30.8 Å². The van der Waals surface area contributed by atoms with E-state index in [9.17, 15) is 4.79 Å². The Labute approximate surface area is 187 Å². The number of methoxy groups -OCH3 is 1. The van der Waals surface area contributed by atoms with Gasteiger partial charge in [0, 0.05) is 30.7 Å². The standard InChI is InChI=1S/C11H12N2O.C10H13ClO.2C2H6/c1-12-9-5-6-10(14-2)11-8(9)4-3-7-13-11;11-10-4-2-1-3-9(5-6-10)7-8-12;2*1-2/h3-7,12H,1-2H3;3,5-6,8,10H,1-2,4,7H2;2*1-2H3/b;6-5-,9-3+;;. The van der Waals surface area contributed by atoms with E-state index in [-0.39, 0.29) is 5.38 Å². The van der Waals surface area contributed by atoms with Crippen molar-refractivity contribution in [2.75, 3.05) is 19.5 Å². The first kappa shape index (κ1) is 27.7. The normalized spacial score (nSPS) is 17.6. The Kier molecular flexibility index (Phi) is 16.2. The number of rotatable bonds is 4. The maximum Gasteiger partial charge on any atom is 0.145 e. The summed E-state index contributed by atoms with van der Waals surface area (Å²) < 4.78 is 5.24. The van der Waals surface area contributed by atoms with Gasteiger partial charge >= 0.3 is 0 Å². The average Bonchev–Trinajstić information content (AvgIpc) is 2.81. The Hall–Kier alpha value is -2.33. The van der Waals surface area contributed by atoms with Crippen molar-refractivity contribution in [3.8, 4) is 5.75 Å². The number of carbonyl (C=O) groups is 1. The molecule has 1 aromatic carbocycles. The molecule has 1 N–H and O–H groups in total. The van der Waals surface area contributed by atoms with Gasteiger partial charge in [-0.2, -0.15) is 0 Å². The summed E-state index contributed by atoms with van der Waals surface area (Å²) in [5.41, 5.74) is 3.05. The van der Waals surface area contributed by atoms with Gasteiger partial charge in [-0.1, -0.05) is 45.9 Å². The molecule has 0 aliphatic heterocycles. The molecule has 1 aromatic heterocycles. The number of pyridine rings is 1. The zero-order valence-electron chi connectivity index (χ0n) is 19.2. The molecule has 5 heteroatoms. The number of fused-ring (bicyclic) bond motifs is 1. The van der Waals surface area contributed by atoms with Crippen molar-refractivity contribution in [2.45, 2.75) is 58.8 Å². The third kappa shape index (κ3) is 9.45. The van der Waals surface area contributed by atoms with Crippen molar-refractivity contribution in [2.24, 2.45) is 0 Å². The Bertz CT molecular complexity index is 745. The lowest BCUT2D eigenvalue weighted by atomic mass is 10.0. The summed E-state index contributed by atoms with van der Waals surface area (Å²) in [6.07, 6.45) is 12.4. The minimum atomic E-state index is 0.139. The van der Waals surface area contributed by atoms with Crippen LogP contribution in [0.5, 0.6) is 5.75 Å². The molecule has 1 heterocycles. The van der Waals surface area contributed by atoms with Crippen LogP contribution in [0, 0.1) is 0 Å². The van der Waals surface area contributed by atoms with E-state index in [1.54, 1.807) is 13.3 Å². The number of allylic oxidation sites excluding steroid dienone is 4. The number of carbonyl (C=O) groups excluding carboxylic acids is 1. The topological polar surface area (TPSA) is 51.2 Å². The third-order valence-electron chi connectivity index (χ3n) is 4.15. The second-order valence-corrected chi connectivity index (χ2v) is 6.48. The highest BCUT2D eigenvalue weighted by atomic mass is 35.5. The zero-order chi connectivity index (χ0) is 22.8. The molecule has 3 rings (SSSR count). The van der Waals surface area contributed by atoms with E-state index in [0.717, 1.165) is 53.5 Å². The van der Waals surface area contributed by atoms with Gasteiger partial charge in [0.15, 0.2) is 0 Å². The molecule has 0 bridgehead atoms. The van der Waals surface area contributed by atoms with Crippen molar-refractivity contribution in [1.82, 2.24) is 4.98 Å².